The van der Waals surface area contributed by atoms with Crippen LogP contribution < -0.4 is 24.8 Å². The normalized spacial score (nSPS) is 10.5. The van der Waals surface area contributed by atoms with Crippen molar-refractivity contribution in [2.75, 3.05) is 0 Å². The Bertz CT molecular complexity index is 2150. The Morgan fingerprint density at radius 2 is 0.780 bits per heavy atom. The third kappa shape index (κ3) is 9.14. The Kier molecular flexibility index (Phi) is 14.9. The maximum Gasteiger partial charge on any atom is -1.00 e. The third-order valence-corrected chi connectivity index (χ3v) is 8.86. The van der Waals surface area contributed by atoms with Gasteiger partial charge in [-0.25, -0.2) is 0 Å². The zero-order valence-electron chi connectivity index (χ0n) is 29.4. The molecule has 0 saturated heterocycles. The molecule has 0 spiro atoms. The van der Waals surface area contributed by atoms with Crippen molar-refractivity contribution in [2.45, 2.75) is 52.6 Å². The number of hydrogen-bond acceptors (Lipinski definition) is 0. The summed E-state index contributed by atoms with van der Waals surface area (Å²) in [5.74, 6) is 0. The van der Waals surface area contributed by atoms with Crippen LogP contribution in [0.25, 0.3) is 65.3 Å². The zero-order valence-corrected chi connectivity index (χ0v) is 35.5. The first-order valence-corrected chi connectivity index (χ1v) is 25.2. The van der Waals surface area contributed by atoms with Crippen LogP contribution in [0.15, 0.2) is 146 Å². The Labute approximate surface area is 325 Å². The zero-order chi connectivity index (χ0) is 33.5. The van der Waals surface area contributed by atoms with Gasteiger partial charge in [-0.1, -0.05) is 135 Å². The SMILES string of the molecule is CCCc1cc2c(-c3cccc4ccccc34)cccc2[cH-]1.CCCc1cc2c(-c3cccc4ccccc34)cccc2[cH-]1.C[Si](C)=[Hf+2].[Cl-].[Cl-]. The third-order valence-electron chi connectivity index (χ3n) is 8.86. The first kappa shape index (κ1) is 39.5. The molecule has 252 valence electrons. The minimum absolute atomic E-state index is 0. The van der Waals surface area contributed by atoms with Gasteiger partial charge < -0.3 is 24.8 Å². The molecule has 8 aromatic rings. The first-order chi connectivity index (χ1) is 23.5. The van der Waals surface area contributed by atoms with E-state index in [-0.39, 0.29) is 30.3 Å². The quantitative estimate of drug-likeness (QED) is 0.120. The van der Waals surface area contributed by atoms with E-state index in [1.165, 1.54) is 112 Å². The summed E-state index contributed by atoms with van der Waals surface area (Å²) in [6.45, 7) is 9.14. The van der Waals surface area contributed by atoms with Crippen molar-refractivity contribution >= 4 is 48.6 Å². The van der Waals surface area contributed by atoms with E-state index in [1.54, 1.807) is 0 Å². The van der Waals surface area contributed by atoms with E-state index in [0.29, 0.717) is 0 Å². The molecule has 0 nitrogen and oxygen atoms in total. The van der Waals surface area contributed by atoms with E-state index in [4.69, 9.17) is 0 Å². The maximum absolute atomic E-state index is 2.37. The van der Waals surface area contributed by atoms with Crippen molar-refractivity contribution in [1.82, 2.24) is 0 Å². The molecular formula is C46H44Cl2HfSi-2. The van der Waals surface area contributed by atoms with E-state index < -0.39 is 0 Å². The fraction of sp³-hybridized carbons (Fsp3) is 0.174. The number of aryl methyl sites for hydroxylation is 2. The minimum Gasteiger partial charge on any atom is -1.00 e. The minimum atomic E-state index is 0. The van der Waals surface area contributed by atoms with Gasteiger partial charge in [0.1, 0.15) is 0 Å². The summed E-state index contributed by atoms with van der Waals surface area (Å²) in [7, 11) is 0. The predicted octanol–water partition coefficient (Wildman–Crippen LogP) is 7.46. The smallest absolute Gasteiger partial charge is 1.00 e. The Balaban J connectivity index is 0.000000196. The number of hydrogen-bond donors (Lipinski definition) is 0. The van der Waals surface area contributed by atoms with Crippen LogP contribution in [0, 0.1) is 0 Å². The fourth-order valence-electron chi connectivity index (χ4n) is 6.85. The standard InChI is InChI=1S/2C22H19.C2H6Si.2ClH.Hf/c2*1-2-7-16-14-18-10-6-13-21(22(18)15-16)20-12-5-9-17-8-3-4-11-19(17)20;1-3-2;;;/h2*3-6,8-15H,2,7H2,1H3;1-2H3;2*1H;/q2*-1;;;;+2/p-2. The van der Waals surface area contributed by atoms with Crippen molar-refractivity contribution in [3.05, 3.63) is 157 Å². The van der Waals surface area contributed by atoms with E-state index in [1.807, 2.05) is 0 Å². The van der Waals surface area contributed by atoms with Gasteiger partial charge in [0.25, 0.3) is 0 Å². The molecular weight excluding hydrogens is 830 g/mol. The van der Waals surface area contributed by atoms with Crippen LogP contribution in [0.2, 0.25) is 13.1 Å². The molecule has 8 rings (SSSR count). The van der Waals surface area contributed by atoms with Crippen molar-refractivity contribution in [3.63, 3.8) is 0 Å². The molecule has 50 heavy (non-hydrogen) atoms. The predicted molar refractivity (Wildman–Crippen MR) is 210 cm³/mol. The van der Waals surface area contributed by atoms with Crippen molar-refractivity contribution < 1.29 is 47.8 Å². The molecule has 0 aliphatic heterocycles. The van der Waals surface area contributed by atoms with E-state index in [2.05, 4.69) is 173 Å². The summed E-state index contributed by atoms with van der Waals surface area (Å²) in [6.07, 6.45) is 4.70. The van der Waals surface area contributed by atoms with Gasteiger partial charge in [0.2, 0.25) is 0 Å². The molecule has 0 unspecified atom stereocenters. The van der Waals surface area contributed by atoms with Gasteiger partial charge in [-0.3, -0.25) is 0 Å². The fourth-order valence-corrected chi connectivity index (χ4v) is 6.85. The monoisotopic (exact) mass is 874 g/mol. The molecule has 0 N–H and O–H groups in total. The van der Waals surface area contributed by atoms with Gasteiger partial charge in [-0.15, -0.1) is 69.1 Å². The molecule has 8 aromatic carbocycles. The summed E-state index contributed by atoms with van der Waals surface area (Å²) < 4.78 is 0. The van der Waals surface area contributed by atoms with Gasteiger partial charge >= 0.3 is 41.6 Å². The van der Waals surface area contributed by atoms with Crippen LogP contribution >= 0.6 is 0 Å². The van der Waals surface area contributed by atoms with Crippen LogP contribution in [0.4, 0.5) is 0 Å². The summed E-state index contributed by atoms with van der Waals surface area (Å²) in [5, 5.41) is 10.7. The van der Waals surface area contributed by atoms with Crippen LogP contribution in [0.1, 0.15) is 37.8 Å². The molecule has 0 aliphatic rings. The van der Waals surface area contributed by atoms with Crippen LogP contribution in [-0.4, -0.2) is 5.49 Å². The first-order valence-electron chi connectivity index (χ1n) is 17.3. The second-order valence-electron chi connectivity index (χ2n) is 12.9. The molecule has 0 aromatic heterocycles. The number of rotatable bonds is 6. The largest absolute Gasteiger partial charge is 1.00 e. The summed E-state index contributed by atoms with van der Waals surface area (Å²) >= 11 is 1.45. The van der Waals surface area contributed by atoms with Gasteiger partial charge in [-0.2, -0.15) is 12.1 Å². The van der Waals surface area contributed by atoms with Gasteiger partial charge in [0.05, 0.1) is 0 Å². The van der Waals surface area contributed by atoms with Gasteiger partial charge in [-0.05, 0) is 45.5 Å². The van der Waals surface area contributed by atoms with Gasteiger partial charge in [0, 0.05) is 0 Å². The van der Waals surface area contributed by atoms with Crippen LogP contribution in [-0.2, 0) is 35.8 Å². The van der Waals surface area contributed by atoms with Crippen molar-refractivity contribution in [1.29, 1.82) is 0 Å². The van der Waals surface area contributed by atoms with Crippen molar-refractivity contribution in [2.24, 2.45) is 0 Å². The second kappa shape index (κ2) is 18.8. The number of benzene rings is 6. The molecule has 0 atom stereocenters. The van der Waals surface area contributed by atoms with E-state index in [0.717, 1.165) is 12.8 Å². The average molecular weight is 874 g/mol. The average Bonchev–Trinajstić information content (AvgIpc) is 3.72. The molecule has 0 heterocycles. The second-order valence-corrected chi connectivity index (χ2v) is 25.7. The Hall–Kier alpha value is -3.27. The summed E-state index contributed by atoms with van der Waals surface area (Å²) in [4.78, 5) is 0. The summed E-state index contributed by atoms with van der Waals surface area (Å²) in [5.41, 5.74) is 8.51. The number of fused-ring (bicyclic) bond motifs is 4. The molecule has 0 amide bonds. The topological polar surface area (TPSA) is 0 Å². The molecule has 0 radical (unpaired) electrons. The molecule has 0 fully saturated rings. The van der Waals surface area contributed by atoms with E-state index in [9.17, 15) is 0 Å². The molecule has 0 aliphatic carbocycles. The Morgan fingerprint density at radius 1 is 0.460 bits per heavy atom. The molecule has 4 heteroatoms. The van der Waals surface area contributed by atoms with Crippen LogP contribution in [0.3, 0.4) is 0 Å². The van der Waals surface area contributed by atoms with Crippen molar-refractivity contribution in [3.8, 4) is 22.3 Å². The molecule has 0 bridgehead atoms. The maximum atomic E-state index is 2.37. The van der Waals surface area contributed by atoms with Crippen LogP contribution in [0.5, 0.6) is 0 Å². The molecule has 0 saturated carbocycles. The van der Waals surface area contributed by atoms with Gasteiger partial charge in [0.15, 0.2) is 0 Å². The number of halogens is 2. The van der Waals surface area contributed by atoms with E-state index >= 15 is 0 Å². The summed E-state index contributed by atoms with van der Waals surface area (Å²) in [6, 6.07) is 53.2. The Morgan fingerprint density at radius 3 is 1.16 bits per heavy atom.